The van der Waals surface area contributed by atoms with Crippen LogP contribution in [0.5, 0.6) is 5.75 Å². The number of aromatic nitrogens is 1. The molecule has 0 saturated heterocycles. The van der Waals surface area contributed by atoms with E-state index in [9.17, 15) is 18.7 Å². The molecule has 1 aromatic heterocycles. The van der Waals surface area contributed by atoms with Crippen molar-refractivity contribution in [1.82, 2.24) is 4.98 Å². The molecule has 1 atom stereocenters. The number of carbonyl (C=O) groups excluding carboxylic acids is 1. The van der Waals surface area contributed by atoms with Crippen molar-refractivity contribution in [2.75, 3.05) is 11.9 Å². The minimum atomic E-state index is -1.05. The van der Waals surface area contributed by atoms with Crippen molar-refractivity contribution in [2.24, 2.45) is 0 Å². The molecule has 0 aliphatic carbocycles. The lowest BCUT2D eigenvalue weighted by Gasteiger charge is -2.24. The molecule has 0 fully saturated rings. The van der Waals surface area contributed by atoms with Gasteiger partial charge < -0.3 is 15.2 Å². The number of para-hydroxylation sites is 1. The topological polar surface area (TPSA) is 71.5 Å². The number of carbonyl (C=O) groups is 1. The van der Waals surface area contributed by atoms with Gasteiger partial charge in [0.1, 0.15) is 11.6 Å². The second kappa shape index (κ2) is 5.69. The highest BCUT2D eigenvalue weighted by atomic mass is 19.1. The fourth-order valence-electron chi connectivity index (χ4n) is 2.27. The van der Waals surface area contributed by atoms with Gasteiger partial charge in [0.15, 0.2) is 11.5 Å². The summed E-state index contributed by atoms with van der Waals surface area (Å²) in [6.45, 7) is 0.310. The number of ether oxygens (including phenoxy) is 1. The van der Waals surface area contributed by atoms with Crippen molar-refractivity contribution in [3.8, 4) is 5.75 Å². The van der Waals surface area contributed by atoms with E-state index in [2.05, 4.69) is 10.3 Å². The predicted octanol–water partition coefficient (Wildman–Crippen LogP) is 2.43. The number of amides is 1. The van der Waals surface area contributed by atoms with Crippen LogP contribution in [0.3, 0.4) is 0 Å². The molecule has 1 aromatic carbocycles. The normalized spacial score (nSPS) is 16.6. The Morgan fingerprint density at radius 3 is 3.00 bits per heavy atom. The zero-order chi connectivity index (χ0) is 15.7. The van der Waals surface area contributed by atoms with Gasteiger partial charge in [-0.05, 0) is 6.07 Å². The van der Waals surface area contributed by atoms with Gasteiger partial charge in [-0.3, -0.25) is 4.79 Å². The lowest BCUT2D eigenvalue weighted by atomic mass is 10.0. The van der Waals surface area contributed by atoms with Gasteiger partial charge in [-0.15, -0.1) is 0 Å². The molecule has 5 nitrogen and oxygen atoms in total. The van der Waals surface area contributed by atoms with E-state index in [-0.39, 0.29) is 0 Å². The molecule has 1 aliphatic rings. The molecule has 22 heavy (non-hydrogen) atoms. The molecule has 2 heterocycles. The average Bonchev–Trinajstić information content (AvgIpc) is 2.48. The monoisotopic (exact) mass is 306 g/mol. The molecule has 0 bridgehead atoms. The zero-order valence-electron chi connectivity index (χ0n) is 11.3. The Morgan fingerprint density at radius 2 is 2.23 bits per heavy atom. The number of benzene rings is 1. The third kappa shape index (κ3) is 2.62. The summed E-state index contributed by atoms with van der Waals surface area (Å²) in [7, 11) is 0. The summed E-state index contributed by atoms with van der Waals surface area (Å²) in [6, 6.07) is 5.48. The molecule has 7 heteroatoms. The van der Waals surface area contributed by atoms with Crippen molar-refractivity contribution in [3.05, 3.63) is 53.4 Å². The fraction of sp³-hybridized carbons (Fsp3) is 0.200. The number of fused-ring (bicyclic) bond motifs is 1. The van der Waals surface area contributed by atoms with Crippen LogP contribution in [0.15, 0.2) is 30.5 Å². The van der Waals surface area contributed by atoms with E-state index in [1.54, 1.807) is 18.2 Å². The number of hydrogen-bond acceptors (Lipinski definition) is 4. The molecular weight excluding hydrogens is 294 g/mol. The third-order valence-electron chi connectivity index (χ3n) is 3.31. The molecule has 1 aliphatic heterocycles. The van der Waals surface area contributed by atoms with E-state index in [0.717, 1.165) is 6.20 Å². The highest BCUT2D eigenvalue weighted by Crippen LogP contribution is 2.37. The van der Waals surface area contributed by atoms with E-state index in [4.69, 9.17) is 4.74 Å². The average molecular weight is 306 g/mol. The minimum Gasteiger partial charge on any atom is -0.491 e. The first-order valence-corrected chi connectivity index (χ1v) is 6.62. The molecule has 2 N–H and O–H groups in total. The molecule has 1 amide bonds. The number of halogens is 2. The van der Waals surface area contributed by atoms with Gasteiger partial charge in [0.05, 0.1) is 24.6 Å². The molecule has 0 saturated carbocycles. The largest absolute Gasteiger partial charge is 0.491 e. The van der Waals surface area contributed by atoms with Gasteiger partial charge in [0.2, 0.25) is 0 Å². The van der Waals surface area contributed by atoms with Crippen molar-refractivity contribution in [1.29, 1.82) is 0 Å². The van der Waals surface area contributed by atoms with Gasteiger partial charge in [-0.2, -0.15) is 0 Å². The van der Waals surface area contributed by atoms with Crippen LogP contribution in [0, 0.1) is 11.6 Å². The molecule has 1 unspecified atom stereocenters. The standard InChI is InChI=1S/C15H12F2N2O3/c16-8-6-10(17)13(18-7-8)15(21)19-11-3-1-2-9-12(20)4-5-22-14(9)11/h1-3,6-7,12,20H,4-5H2,(H,19,21). The van der Waals surface area contributed by atoms with Crippen LogP contribution < -0.4 is 10.1 Å². The lowest BCUT2D eigenvalue weighted by molar-refractivity contribution is 0.101. The summed E-state index contributed by atoms with van der Waals surface area (Å²) in [6.07, 6.45) is 0.540. The quantitative estimate of drug-likeness (QED) is 0.894. The van der Waals surface area contributed by atoms with Gasteiger partial charge in [-0.25, -0.2) is 13.8 Å². The van der Waals surface area contributed by atoms with Crippen molar-refractivity contribution in [2.45, 2.75) is 12.5 Å². The van der Waals surface area contributed by atoms with Crippen LogP contribution >= 0.6 is 0 Å². The number of anilines is 1. The summed E-state index contributed by atoms with van der Waals surface area (Å²) in [5, 5.41) is 12.4. The van der Waals surface area contributed by atoms with E-state index in [1.807, 2.05) is 0 Å². The number of hydrogen-bond donors (Lipinski definition) is 2. The number of nitrogens with one attached hydrogen (secondary N) is 1. The first kappa shape index (κ1) is 14.4. The number of rotatable bonds is 2. The Balaban J connectivity index is 1.90. The molecule has 3 rings (SSSR count). The number of pyridine rings is 1. The van der Waals surface area contributed by atoms with Crippen molar-refractivity contribution < 1.29 is 23.4 Å². The highest BCUT2D eigenvalue weighted by molar-refractivity contribution is 6.04. The summed E-state index contributed by atoms with van der Waals surface area (Å²) in [5.74, 6) is -2.40. The summed E-state index contributed by atoms with van der Waals surface area (Å²) >= 11 is 0. The van der Waals surface area contributed by atoms with Gasteiger partial charge in [0, 0.05) is 18.1 Å². The Hall–Kier alpha value is -2.54. The summed E-state index contributed by atoms with van der Waals surface area (Å²) < 4.78 is 31.9. The maximum Gasteiger partial charge on any atom is 0.277 e. The first-order chi connectivity index (χ1) is 10.6. The van der Waals surface area contributed by atoms with Crippen LogP contribution in [0.2, 0.25) is 0 Å². The Bertz CT molecular complexity index is 737. The molecule has 2 aromatic rings. The highest BCUT2D eigenvalue weighted by Gasteiger charge is 2.23. The number of aliphatic hydroxyl groups excluding tert-OH is 1. The summed E-state index contributed by atoms with van der Waals surface area (Å²) in [4.78, 5) is 15.5. The Morgan fingerprint density at radius 1 is 1.41 bits per heavy atom. The predicted molar refractivity (Wildman–Crippen MR) is 73.6 cm³/mol. The van der Waals surface area contributed by atoms with Gasteiger partial charge >= 0.3 is 0 Å². The first-order valence-electron chi connectivity index (χ1n) is 6.62. The second-order valence-electron chi connectivity index (χ2n) is 4.81. The van der Waals surface area contributed by atoms with Gasteiger partial charge in [0.25, 0.3) is 5.91 Å². The maximum absolute atomic E-state index is 13.6. The van der Waals surface area contributed by atoms with E-state index in [1.165, 1.54) is 0 Å². The molecule has 114 valence electrons. The lowest BCUT2D eigenvalue weighted by Crippen LogP contribution is -2.19. The summed E-state index contributed by atoms with van der Waals surface area (Å²) in [5.41, 5.74) is 0.332. The molecular formula is C15H12F2N2O3. The van der Waals surface area contributed by atoms with E-state index >= 15 is 0 Å². The smallest absolute Gasteiger partial charge is 0.277 e. The Kier molecular flexibility index (Phi) is 3.72. The van der Waals surface area contributed by atoms with Crippen LogP contribution in [-0.4, -0.2) is 22.6 Å². The van der Waals surface area contributed by atoms with Crippen molar-refractivity contribution >= 4 is 11.6 Å². The van der Waals surface area contributed by atoms with Crippen LogP contribution in [0.1, 0.15) is 28.6 Å². The van der Waals surface area contributed by atoms with Crippen LogP contribution in [-0.2, 0) is 0 Å². The third-order valence-corrected chi connectivity index (χ3v) is 3.31. The second-order valence-corrected chi connectivity index (χ2v) is 4.81. The van der Waals surface area contributed by atoms with E-state index < -0.39 is 29.3 Å². The van der Waals surface area contributed by atoms with Crippen LogP contribution in [0.25, 0.3) is 0 Å². The number of nitrogens with zero attached hydrogens (tertiary/aromatic N) is 1. The fourth-order valence-corrected chi connectivity index (χ4v) is 2.27. The van der Waals surface area contributed by atoms with Crippen LogP contribution in [0.4, 0.5) is 14.5 Å². The minimum absolute atomic E-state index is 0.298. The van der Waals surface area contributed by atoms with Gasteiger partial charge in [-0.1, -0.05) is 12.1 Å². The molecule has 0 spiro atoms. The Labute approximate surface area is 124 Å². The maximum atomic E-state index is 13.6. The van der Waals surface area contributed by atoms with Crippen molar-refractivity contribution in [3.63, 3.8) is 0 Å². The zero-order valence-corrected chi connectivity index (χ0v) is 11.3. The molecule has 0 radical (unpaired) electrons. The SMILES string of the molecule is O=C(Nc1cccc2c1OCCC2O)c1ncc(F)cc1F. The van der Waals surface area contributed by atoms with E-state index in [0.29, 0.717) is 36.1 Å². The number of aliphatic hydroxyl groups is 1.